The number of carbonyl (C=O) groups excluding carboxylic acids is 1. The second kappa shape index (κ2) is 10.3. The van der Waals surface area contributed by atoms with Crippen molar-refractivity contribution < 1.29 is 4.79 Å². The molecule has 0 spiro atoms. The Morgan fingerprint density at radius 1 is 0.828 bits per heavy atom. The van der Waals surface area contributed by atoms with Crippen molar-refractivity contribution in [2.24, 2.45) is 0 Å². The molecule has 2 unspecified atom stereocenters. The largest absolute Gasteiger partial charge is 0.298 e. The first-order valence-corrected chi connectivity index (χ1v) is 11.3. The maximum atomic E-state index is 12.8. The van der Waals surface area contributed by atoms with Gasteiger partial charge in [-0.25, -0.2) is 0 Å². The van der Waals surface area contributed by atoms with Crippen LogP contribution in [0, 0.1) is 0 Å². The van der Waals surface area contributed by atoms with E-state index in [2.05, 4.69) is 80.1 Å². The zero-order chi connectivity index (χ0) is 20.8. The number of hydrogen-bond acceptors (Lipinski definition) is 2. The van der Waals surface area contributed by atoms with Gasteiger partial charge < -0.3 is 0 Å². The summed E-state index contributed by atoms with van der Waals surface area (Å²) in [5.74, 6) is 0.454. The van der Waals surface area contributed by atoms with Crippen molar-refractivity contribution in [1.29, 1.82) is 0 Å². The molecule has 0 fully saturated rings. The van der Waals surface area contributed by atoms with Crippen molar-refractivity contribution in [3.05, 3.63) is 104 Å². The molecule has 0 radical (unpaired) electrons. The van der Waals surface area contributed by atoms with E-state index in [0.717, 1.165) is 27.6 Å². The number of ketones is 1. The van der Waals surface area contributed by atoms with Crippen LogP contribution < -0.4 is 0 Å². The molecule has 3 aromatic rings. The van der Waals surface area contributed by atoms with Crippen LogP contribution in [0.5, 0.6) is 0 Å². The van der Waals surface area contributed by atoms with Gasteiger partial charge in [0.2, 0.25) is 0 Å². The van der Waals surface area contributed by atoms with E-state index in [1.54, 1.807) is 6.92 Å². The standard InChI is InChI=1S/C25H25Br2NO/c1-18(21-8-12-23(26)13-9-21)16-28(17-20-6-4-3-5-7-20)25(19(2)29)22-10-14-24(27)15-11-22/h3-15,18,25H,16-17H2,1-2H3. The van der Waals surface area contributed by atoms with Crippen LogP contribution in [0.2, 0.25) is 0 Å². The second-order valence-corrected chi connectivity index (χ2v) is 9.26. The third kappa shape index (κ3) is 6.11. The quantitative estimate of drug-likeness (QED) is 0.318. The van der Waals surface area contributed by atoms with E-state index in [4.69, 9.17) is 0 Å². The molecule has 0 saturated heterocycles. The van der Waals surface area contributed by atoms with E-state index in [9.17, 15) is 4.79 Å². The van der Waals surface area contributed by atoms with Crippen molar-refractivity contribution in [2.45, 2.75) is 32.4 Å². The Labute approximate surface area is 190 Å². The molecule has 3 aromatic carbocycles. The lowest BCUT2D eigenvalue weighted by molar-refractivity contribution is -0.122. The molecule has 3 rings (SSSR count). The van der Waals surface area contributed by atoms with Crippen LogP contribution in [0.1, 0.15) is 42.5 Å². The van der Waals surface area contributed by atoms with Gasteiger partial charge in [-0.1, -0.05) is 93.4 Å². The Bertz CT molecular complexity index is 923. The zero-order valence-electron chi connectivity index (χ0n) is 16.7. The molecular formula is C25H25Br2NO. The van der Waals surface area contributed by atoms with Gasteiger partial charge in [0, 0.05) is 22.0 Å². The molecule has 0 heterocycles. The van der Waals surface area contributed by atoms with Gasteiger partial charge in [0.1, 0.15) is 0 Å². The minimum Gasteiger partial charge on any atom is -0.298 e. The highest BCUT2D eigenvalue weighted by Gasteiger charge is 2.26. The number of carbonyl (C=O) groups is 1. The molecule has 150 valence electrons. The molecule has 4 heteroatoms. The molecule has 0 amide bonds. The number of halogens is 2. The molecule has 0 aromatic heterocycles. The predicted octanol–water partition coefficient (Wildman–Crippen LogP) is 7.15. The molecule has 2 nitrogen and oxygen atoms in total. The first-order chi connectivity index (χ1) is 13.9. The van der Waals surface area contributed by atoms with E-state index in [1.165, 1.54) is 11.1 Å². The van der Waals surface area contributed by atoms with Crippen molar-refractivity contribution in [3.63, 3.8) is 0 Å². The van der Waals surface area contributed by atoms with Gasteiger partial charge >= 0.3 is 0 Å². The highest BCUT2D eigenvalue weighted by atomic mass is 79.9. The minimum atomic E-state index is -0.277. The molecule has 0 saturated carbocycles. The van der Waals surface area contributed by atoms with Gasteiger partial charge in [-0.3, -0.25) is 9.69 Å². The molecule has 2 atom stereocenters. The van der Waals surface area contributed by atoms with Gasteiger partial charge in [-0.05, 0) is 53.8 Å². The highest BCUT2D eigenvalue weighted by Crippen LogP contribution is 2.29. The molecule has 0 aliphatic rings. The Hall–Kier alpha value is -1.75. The summed E-state index contributed by atoms with van der Waals surface area (Å²) < 4.78 is 2.09. The highest BCUT2D eigenvalue weighted by molar-refractivity contribution is 9.10. The number of benzene rings is 3. The summed E-state index contributed by atoms with van der Waals surface area (Å²) in [5.41, 5.74) is 3.50. The van der Waals surface area contributed by atoms with Crippen molar-refractivity contribution in [1.82, 2.24) is 4.90 Å². The van der Waals surface area contributed by atoms with E-state index >= 15 is 0 Å². The van der Waals surface area contributed by atoms with Crippen LogP contribution in [0.4, 0.5) is 0 Å². The monoisotopic (exact) mass is 513 g/mol. The minimum absolute atomic E-state index is 0.159. The van der Waals surface area contributed by atoms with E-state index < -0.39 is 0 Å². The number of hydrogen-bond donors (Lipinski definition) is 0. The van der Waals surface area contributed by atoms with Crippen LogP contribution in [-0.2, 0) is 11.3 Å². The third-order valence-corrected chi connectivity index (χ3v) is 6.17. The Morgan fingerprint density at radius 3 is 1.86 bits per heavy atom. The normalized spacial score (nSPS) is 13.3. The maximum absolute atomic E-state index is 12.8. The van der Waals surface area contributed by atoms with E-state index in [1.807, 2.05) is 42.5 Å². The lowest BCUT2D eigenvalue weighted by Gasteiger charge is -2.33. The van der Waals surface area contributed by atoms with Crippen LogP contribution >= 0.6 is 31.9 Å². The molecule has 0 aliphatic carbocycles. The second-order valence-electron chi connectivity index (χ2n) is 7.43. The van der Waals surface area contributed by atoms with Gasteiger partial charge in [-0.15, -0.1) is 0 Å². The summed E-state index contributed by atoms with van der Waals surface area (Å²) >= 11 is 7.01. The van der Waals surface area contributed by atoms with Gasteiger partial charge in [-0.2, -0.15) is 0 Å². The van der Waals surface area contributed by atoms with Crippen LogP contribution in [0.25, 0.3) is 0 Å². The first kappa shape index (κ1) is 21.9. The summed E-state index contributed by atoms with van der Waals surface area (Å²) in [6, 6.07) is 26.6. The summed E-state index contributed by atoms with van der Waals surface area (Å²) in [6.45, 7) is 5.42. The van der Waals surface area contributed by atoms with Gasteiger partial charge in [0.25, 0.3) is 0 Å². The average molecular weight is 515 g/mol. The van der Waals surface area contributed by atoms with Crippen LogP contribution in [0.3, 0.4) is 0 Å². The molecule has 29 heavy (non-hydrogen) atoms. The summed E-state index contributed by atoms with van der Waals surface area (Å²) in [4.78, 5) is 15.1. The fourth-order valence-corrected chi connectivity index (χ4v) is 4.20. The Kier molecular flexibility index (Phi) is 7.82. The van der Waals surface area contributed by atoms with E-state index in [0.29, 0.717) is 5.92 Å². The SMILES string of the molecule is CC(=O)C(c1ccc(Br)cc1)N(Cc1ccccc1)CC(C)c1ccc(Br)cc1. The number of rotatable bonds is 8. The maximum Gasteiger partial charge on any atom is 0.151 e. The number of Topliss-reactive ketones (excluding diaryl/α,β-unsaturated/α-hetero) is 1. The van der Waals surface area contributed by atoms with Crippen LogP contribution in [0.15, 0.2) is 87.8 Å². The molecule has 0 aliphatic heterocycles. The van der Waals surface area contributed by atoms with E-state index in [-0.39, 0.29) is 11.8 Å². The Morgan fingerprint density at radius 2 is 1.34 bits per heavy atom. The van der Waals surface area contributed by atoms with Crippen molar-refractivity contribution in [2.75, 3.05) is 6.54 Å². The fraction of sp³-hybridized carbons (Fsp3) is 0.240. The molecule has 0 bridgehead atoms. The van der Waals surface area contributed by atoms with Crippen molar-refractivity contribution in [3.8, 4) is 0 Å². The topological polar surface area (TPSA) is 20.3 Å². The van der Waals surface area contributed by atoms with Gasteiger partial charge in [0.15, 0.2) is 5.78 Å². The van der Waals surface area contributed by atoms with Crippen LogP contribution in [-0.4, -0.2) is 17.2 Å². The molecular weight excluding hydrogens is 490 g/mol. The first-order valence-electron chi connectivity index (χ1n) is 9.73. The predicted molar refractivity (Wildman–Crippen MR) is 127 cm³/mol. The Balaban J connectivity index is 1.92. The summed E-state index contributed by atoms with van der Waals surface area (Å²) in [6.07, 6.45) is 0. The van der Waals surface area contributed by atoms with Crippen molar-refractivity contribution >= 4 is 37.6 Å². The average Bonchev–Trinajstić information content (AvgIpc) is 2.70. The third-order valence-electron chi connectivity index (χ3n) is 5.11. The van der Waals surface area contributed by atoms with Gasteiger partial charge in [0.05, 0.1) is 6.04 Å². The lowest BCUT2D eigenvalue weighted by Crippen LogP contribution is -2.35. The summed E-state index contributed by atoms with van der Waals surface area (Å²) in [7, 11) is 0. The zero-order valence-corrected chi connectivity index (χ0v) is 19.9. The summed E-state index contributed by atoms with van der Waals surface area (Å²) in [5, 5.41) is 0. The lowest BCUT2D eigenvalue weighted by atomic mass is 9.96. The number of nitrogens with zero attached hydrogens (tertiary/aromatic N) is 1. The fourth-order valence-electron chi connectivity index (χ4n) is 3.68. The smallest absolute Gasteiger partial charge is 0.151 e. The molecule has 0 N–H and O–H groups in total.